The van der Waals surface area contributed by atoms with Crippen LogP contribution < -0.4 is 15.0 Å². The maximum Gasteiger partial charge on any atom is 0.417 e. The molecule has 0 atom stereocenters. The van der Waals surface area contributed by atoms with Crippen LogP contribution >= 0.6 is 0 Å². The molecular formula is C32H41F3N8O4. The van der Waals surface area contributed by atoms with E-state index < -0.39 is 22.9 Å². The predicted molar refractivity (Wildman–Crippen MR) is 167 cm³/mol. The van der Waals surface area contributed by atoms with E-state index in [1.54, 1.807) is 32.9 Å². The van der Waals surface area contributed by atoms with Crippen LogP contribution in [0.1, 0.15) is 57.6 Å². The number of ether oxygens (including phenoxy) is 2. The minimum Gasteiger partial charge on any atom is -0.473 e. The molecule has 15 heteroatoms. The molecule has 3 saturated heterocycles. The zero-order valence-corrected chi connectivity index (χ0v) is 26.9. The molecule has 5 rings (SSSR count). The molecule has 2 aromatic rings. The fourth-order valence-corrected chi connectivity index (χ4v) is 6.14. The Morgan fingerprint density at radius 1 is 0.894 bits per heavy atom. The van der Waals surface area contributed by atoms with Gasteiger partial charge in [0.15, 0.2) is 5.82 Å². The molecule has 3 amide bonds. The molecule has 0 aliphatic carbocycles. The number of hydrogen-bond acceptors (Lipinski definition) is 9. The predicted octanol–water partition coefficient (Wildman–Crippen LogP) is 4.96. The van der Waals surface area contributed by atoms with E-state index in [4.69, 9.17) is 14.7 Å². The Morgan fingerprint density at radius 3 is 2.15 bits per heavy atom. The van der Waals surface area contributed by atoms with Crippen molar-refractivity contribution >= 4 is 23.6 Å². The summed E-state index contributed by atoms with van der Waals surface area (Å²) in [4.78, 5) is 32.8. The molecular weight excluding hydrogens is 617 g/mol. The van der Waals surface area contributed by atoms with Crippen LogP contribution in [0.25, 0.3) is 0 Å². The molecule has 3 aliphatic rings. The van der Waals surface area contributed by atoms with Crippen molar-refractivity contribution in [2.45, 2.75) is 70.4 Å². The van der Waals surface area contributed by atoms with Gasteiger partial charge in [-0.25, -0.2) is 9.59 Å². The maximum absolute atomic E-state index is 13.4. The number of hydrogen-bond donors (Lipinski definition) is 1. The van der Waals surface area contributed by atoms with Gasteiger partial charge in [-0.05, 0) is 70.7 Å². The van der Waals surface area contributed by atoms with Crippen molar-refractivity contribution in [1.29, 1.82) is 5.26 Å². The van der Waals surface area contributed by atoms with Gasteiger partial charge in [0.25, 0.3) is 0 Å². The standard InChI is InChI=1S/C32H41F3N8O4/c1-31(2,3)47-30(45)43-12-8-23(9-13-43)40-14-10-25(11-15-40)46-28-7-6-27(38-39-28)37-29(44)42-18-16-41(17-19-42)24-5-4-22(21-36)26(20-24)32(33,34)35/h4-7,20,23,25H,8-19H2,1-3H3,(H,37,38,44). The largest absolute Gasteiger partial charge is 0.473 e. The van der Waals surface area contributed by atoms with E-state index in [1.807, 2.05) is 20.8 Å². The van der Waals surface area contributed by atoms with E-state index >= 15 is 0 Å². The number of piperazine rings is 1. The van der Waals surface area contributed by atoms with Crippen LogP contribution in [0, 0.1) is 11.3 Å². The molecule has 0 spiro atoms. The van der Waals surface area contributed by atoms with Crippen LogP contribution in [0.4, 0.5) is 34.3 Å². The van der Waals surface area contributed by atoms with Crippen molar-refractivity contribution in [2.75, 3.05) is 62.6 Å². The highest BCUT2D eigenvalue weighted by Gasteiger charge is 2.35. The Kier molecular flexibility index (Phi) is 10.3. The first-order valence-electron chi connectivity index (χ1n) is 15.9. The van der Waals surface area contributed by atoms with Crippen molar-refractivity contribution in [2.24, 2.45) is 0 Å². The van der Waals surface area contributed by atoms with Crippen molar-refractivity contribution in [3.8, 4) is 11.9 Å². The highest BCUT2D eigenvalue weighted by Crippen LogP contribution is 2.34. The number of aromatic nitrogens is 2. The lowest BCUT2D eigenvalue weighted by Crippen LogP contribution is -2.50. The number of anilines is 2. The summed E-state index contributed by atoms with van der Waals surface area (Å²) in [5, 5.41) is 20.0. The highest BCUT2D eigenvalue weighted by molar-refractivity contribution is 5.88. The Labute approximate surface area is 272 Å². The number of nitrogens with zero attached hydrogens (tertiary/aromatic N) is 7. The molecule has 4 heterocycles. The number of urea groups is 1. The third-order valence-corrected chi connectivity index (χ3v) is 8.63. The second-order valence-electron chi connectivity index (χ2n) is 13.1. The number of amides is 3. The molecule has 47 heavy (non-hydrogen) atoms. The van der Waals surface area contributed by atoms with Gasteiger partial charge in [0.2, 0.25) is 5.88 Å². The zero-order valence-electron chi connectivity index (χ0n) is 26.9. The molecule has 0 unspecified atom stereocenters. The normalized spacial score (nSPS) is 18.9. The molecule has 254 valence electrons. The monoisotopic (exact) mass is 658 g/mol. The van der Waals surface area contributed by atoms with Crippen LogP contribution in [0.3, 0.4) is 0 Å². The van der Waals surface area contributed by atoms with Crippen LogP contribution in [0.5, 0.6) is 5.88 Å². The SMILES string of the molecule is CC(C)(C)OC(=O)N1CCC(N2CCC(Oc3ccc(NC(=O)N4CCN(c5ccc(C#N)c(C(F)(F)F)c5)CC4)nn3)CC2)CC1. The summed E-state index contributed by atoms with van der Waals surface area (Å²) in [6.45, 7) is 10.0. The number of carbonyl (C=O) groups is 2. The van der Waals surface area contributed by atoms with Crippen molar-refractivity contribution in [3.63, 3.8) is 0 Å². The summed E-state index contributed by atoms with van der Waals surface area (Å²) < 4.78 is 51.7. The molecule has 3 aliphatic heterocycles. The summed E-state index contributed by atoms with van der Waals surface area (Å²) in [5.74, 6) is 0.639. The summed E-state index contributed by atoms with van der Waals surface area (Å²) >= 11 is 0. The number of alkyl halides is 3. The first kappa shape index (κ1) is 34.0. The van der Waals surface area contributed by atoms with E-state index in [2.05, 4.69) is 20.4 Å². The minimum atomic E-state index is -4.63. The van der Waals surface area contributed by atoms with E-state index in [0.29, 0.717) is 56.9 Å². The minimum absolute atomic E-state index is 0.00227. The Bertz CT molecular complexity index is 1440. The summed E-state index contributed by atoms with van der Waals surface area (Å²) in [7, 11) is 0. The van der Waals surface area contributed by atoms with E-state index in [9.17, 15) is 22.8 Å². The van der Waals surface area contributed by atoms with Crippen LogP contribution in [-0.4, -0.2) is 107 Å². The number of carbonyl (C=O) groups excluding carboxylic acids is 2. The van der Waals surface area contributed by atoms with Crippen molar-refractivity contribution < 1.29 is 32.2 Å². The number of piperidine rings is 2. The van der Waals surface area contributed by atoms with Gasteiger partial charge in [-0.3, -0.25) is 10.2 Å². The summed E-state index contributed by atoms with van der Waals surface area (Å²) in [6, 6.07) is 8.58. The molecule has 0 saturated carbocycles. The lowest BCUT2D eigenvalue weighted by Gasteiger charge is -2.41. The van der Waals surface area contributed by atoms with Gasteiger partial charge in [-0.1, -0.05) is 0 Å². The fraction of sp³-hybridized carbons (Fsp3) is 0.594. The van der Waals surface area contributed by atoms with Crippen LogP contribution in [0.15, 0.2) is 30.3 Å². The van der Waals surface area contributed by atoms with Crippen LogP contribution in [-0.2, 0) is 10.9 Å². The average Bonchev–Trinajstić information content (AvgIpc) is 3.04. The third kappa shape index (κ3) is 8.94. The number of likely N-dealkylation sites (tertiary alicyclic amines) is 2. The fourth-order valence-electron chi connectivity index (χ4n) is 6.14. The lowest BCUT2D eigenvalue weighted by molar-refractivity contribution is -0.137. The van der Waals surface area contributed by atoms with Crippen LogP contribution in [0.2, 0.25) is 0 Å². The summed E-state index contributed by atoms with van der Waals surface area (Å²) in [6.07, 6.45) is -1.35. The topological polar surface area (TPSA) is 127 Å². The number of benzene rings is 1. The molecule has 1 aromatic heterocycles. The lowest BCUT2D eigenvalue weighted by atomic mass is 9.99. The number of halogens is 3. The zero-order chi connectivity index (χ0) is 33.8. The second kappa shape index (κ2) is 14.2. The van der Waals surface area contributed by atoms with Gasteiger partial charge < -0.3 is 24.2 Å². The van der Waals surface area contributed by atoms with Gasteiger partial charge >= 0.3 is 18.3 Å². The van der Waals surface area contributed by atoms with Crippen molar-refractivity contribution in [3.05, 3.63) is 41.5 Å². The molecule has 0 radical (unpaired) electrons. The first-order chi connectivity index (χ1) is 22.3. The van der Waals surface area contributed by atoms with Gasteiger partial charge in [0.05, 0.1) is 17.2 Å². The van der Waals surface area contributed by atoms with Crippen molar-refractivity contribution in [1.82, 2.24) is 24.9 Å². The highest BCUT2D eigenvalue weighted by atomic mass is 19.4. The van der Waals surface area contributed by atoms with E-state index in [-0.39, 0.29) is 24.0 Å². The van der Waals surface area contributed by atoms with E-state index in [1.165, 1.54) is 12.1 Å². The molecule has 12 nitrogen and oxygen atoms in total. The number of nitriles is 1. The Balaban J connectivity index is 1.03. The second-order valence-corrected chi connectivity index (χ2v) is 13.1. The van der Waals surface area contributed by atoms with E-state index in [0.717, 1.165) is 44.8 Å². The maximum atomic E-state index is 13.4. The quantitative estimate of drug-likeness (QED) is 0.474. The summed E-state index contributed by atoms with van der Waals surface area (Å²) in [5.41, 5.74) is -1.54. The smallest absolute Gasteiger partial charge is 0.417 e. The first-order valence-corrected chi connectivity index (χ1v) is 15.9. The Hall–Kier alpha value is -4.32. The average molecular weight is 659 g/mol. The molecule has 3 fully saturated rings. The molecule has 0 bridgehead atoms. The Morgan fingerprint density at radius 2 is 1.57 bits per heavy atom. The van der Waals surface area contributed by atoms with Gasteiger partial charge in [-0.2, -0.15) is 18.4 Å². The van der Waals surface area contributed by atoms with Gasteiger partial charge in [0, 0.05) is 70.2 Å². The number of rotatable bonds is 5. The molecule has 1 N–H and O–H groups in total. The van der Waals surface area contributed by atoms with Gasteiger partial charge in [0.1, 0.15) is 11.7 Å². The third-order valence-electron chi connectivity index (χ3n) is 8.63. The number of nitrogens with one attached hydrogen (secondary N) is 1. The van der Waals surface area contributed by atoms with Gasteiger partial charge in [-0.15, -0.1) is 10.2 Å². The molecule has 1 aromatic carbocycles.